The number of hydrogen-bond acceptors (Lipinski definition) is 4. The third-order valence-electron chi connectivity index (χ3n) is 2.93. The summed E-state index contributed by atoms with van der Waals surface area (Å²) < 4.78 is 11.1. The minimum Gasteiger partial charge on any atom is -0.483 e. The van der Waals surface area contributed by atoms with E-state index in [0.29, 0.717) is 16.5 Å². The second-order valence-corrected chi connectivity index (χ2v) is 6.83. The van der Waals surface area contributed by atoms with Crippen molar-refractivity contribution in [2.45, 2.75) is 38.9 Å². The van der Waals surface area contributed by atoms with Crippen LogP contribution in [0.3, 0.4) is 0 Å². The molecule has 0 atom stereocenters. The number of ether oxygens (including phenoxy) is 2. The van der Waals surface area contributed by atoms with Crippen LogP contribution in [0.2, 0.25) is 5.02 Å². The van der Waals surface area contributed by atoms with Crippen LogP contribution in [0.4, 0.5) is 10.5 Å². The van der Waals surface area contributed by atoms with Crippen molar-refractivity contribution in [1.82, 2.24) is 5.32 Å². The molecule has 5 nitrogen and oxygen atoms in total. The van der Waals surface area contributed by atoms with Crippen LogP contribution in [0.25, 0.3) is 0 Å². The zero-order valence-corrected chi connectivity index (χ0v) is 13.5. The molecule has 1 aromatic rings. The van der Waals surface area contributed by atoms with Crippen molar-refractivity contribution in [2.75, 3.05) is 18.4 Å². The molecule has 116 valence electrons. The van der Waals surface area contributed by atoms with Crippen molar-refractivity contribution in [1.29, 1.82) is 0 Å². The molecule has 21 heavy (non-hydrogen) atoms. The van der Waals surface area contributed by atoms with Gasteiger partial charge in [0.2, 0.25) is 0 Å². The van der Waals surface area contributed by atoms with E-state index in [1.165, 1.54) is 0 Å². The number of amides is 1. The summed E-state index contributed by atoms with van der Waals surface area (Å²) in [5.74, 6) is 0.607. The number of anilines is 1. The van der Waals surface area contributed by atoms with Gasteiger partial charge in [-0.05, 0) is 45.9 Å². The Labute approximate surface area is 130 Å². The molecule has 1 heterocycles. The Morgan fingerprint density at radius 1 is 1.38 bits per heavy atom. The number of carbonyl (C=O) groups is 1. The normalized spacial score (nSPS) is 16.8. The van der Waals surface area contributed by atoms with Crippen molar-refractivity contribution in [3.8, 4) is 5.75 Å². The topological polar surface area (TPSA) is 59.6 Å². The number of halogens is 1. The highest BCUT2D eigenvalue weighted by atomic mass is 35.5. The van der Waals surface area contributed by atoms with Crippen molar-refractivity contribution < 1.29 is 14.3 Å². The third kappa shape index (κ3) is 4.51. The molecule has 1 aliphatic heterocycles. The Kier molecular flexibility index (Phi) is 4.35. The summed E-state index contributed by atoms with van der Waals surface area (Å²) in [6.07, 6.45) is -0.512. The summed E-state index contributed by atoms with van der Waals surface area (Å²) in [5, 5.41) is 6.26. The van der Waals surface area contributed by atoms with Crippen LogP contribution in [0.15, 0.2) is 18.2 Å². The first-order chi connectivity index (χ1) is 9.67. The number of hydrogen-bond donors (Lipinski definition) is 2. The van der Waals surface area contributed by atoms with Gasteiger partial charge >= 0.3 is 6.09 Å². The van der Waals surface area contributed by atoms with E-state index in [0.717, 1.165) is 13.1 Å². The lowest BCUT2D eigenvalue weighted by atomic mass is 10.00. The van der Waals surface area contributed by atoms with Crippen LogP contribution in [-0.2, 0) is 4.74 Å². The molecule has 0 aromatic heterocycles. The molecule has 2 rings (SSSR count). The minimum atomic E-state index is -0.539. The van der Waals surface area contributed by atoms with E-state index in [4.69, 9.17) is 21.1 Å². The highest BCUT2D eigenvalue weighted by Crippen LogP contribution is 2.31. The van der Waals surface area contributed by atoms with E-state index in [1.807, 2.05) is 27.7 Å². The average Bonchev–Trinajstić information content (AvgIpc) is 2.28. The summed E-state index contributed by atoms with van der Waals surface area (Å²) in [7, 11) is 0. The quantitative estimate of drug-likeness (QED) is 0.897. The molecule has 1 aliphatic rings. The Hall–Kier alpha value is -1.46. The first-order valence-electron chi connectivity index (χ1n) is 6.86. The summed E-state index contributed by atoms with van der Waals surface area (Å²) in [6, 6.07) is 5.13. The third-order valence-corrected chi connectivity index (χ3v) is 3.23. The van der Waals surface area contributed by atoms with Gasteiger partial charge in [0, 0.05) is 18.8 Å². The molecule has 0 unspecified atom stereocenters. The summed E-state index contributed by atoms with van der Waals surface area (Å²) in [6.45, 7) is 9.03. The van der Waals surface area contributed by atoms with E-state index >= 15 is 0 Å². The fraction of sp³-hybridized carbons (Fsp3) is 0.533. The maximum absolute atomic E-state index is 11.7. The molecule has 0 aliphatic carbocycles. The molecule has 1 amide bonds. The molecule has 1 fully saturated rings. The standard InChI is InChI=1S/C15H21ClN2O3/c1-14(2,3)21-13(19)18-10-5-6-12(11(16)7-10)20-15(4)8-17-9-15/h5-7,17H,8-9H2,1-4H3,(H,18,19). The molecule has 6 heteroatoms. The van der Waals surface area contributed by atoms with Gasteiger partial charge in [-0.1, -0.05) is 11.6 Å². The van der Waals surface area contributed by atoms with Crippen molar-refractivity contribution in [3.63, 3.8) is 0 Å². The van der Waals surface area contributed by atoms with Crippen molar-refractivity contribution in [3.05, 3.63) is 23.2 Å². The Bertz CT molecular complexity index is 536. The van der Waals surface area contributed by atoms with Gasteiger partial charge in [-0.15, -0.1) is 0 Å². The van der Waals surface area contributed by atoms with Gasteiger partial charge in [0.25, 0.3) is 0 Å². The molecule has 0 spiro atoms. The number of nitrogens with one attached hydrogen (secondary N) is 2. The zero-order valence-electron chi connectivity index (χ0n) is 12.7. The van der Waals surface area contributed by atoms with Crippen LogP contribution < -0.4 is 15.4 Å². The van der Waals surface area contributed by atoms with Gasteiger partial charge in [0.15, 0.2) is 0 Å². The maximum Gasteiger partial charge on any atom is 0.412 e. The van der Waals surface area contributed by atoms with Gasteiger partial charge in [0.05, 0.1) is 5.02 Å². The molecule has 2 N–H and O–H groups in total. The van der Waals surface area contributed by atoms with Gasteiger partial charge < -0.3 is 14.8 Å². The largest absolute Gasteiger partial charge is 0.483 e. The van der Waals surface area contributed by atoms with Crippen LogP contribution in [0.5, 0.6) is 5.75 Å². The summed E-state index contributed by atoms with van der Waals surface area (Å²) in [4.78, 5) is 11.7. The lowest BCUT2D eigenvalue weighted by molar-refractivity contribution is 0.0349. The predicted octanol–water partition coefficient (Wildman–Crippen LogP) is 3.43. The van der Waals surface area contributed by atoms with E-state index < -0.39 is 11.7 Å². The Morgan fingerprint density at radius 3 is 2.52 bits per heavy atom. The molecule has 1 aromatic carbocycles. The van der Waals surface area contributed by atoms with Crippen LogP contribution in [0.1, 0.15) is 27.7 Å². The van der Waals surface area contributed by atoms with Gasteiger partial charge in [-0.25, -0.2) is 4.79 Å². The van der Waals surface area contributed by atoms with Crippen molar-refractivity contribution >= 4 is 23.4 Å². The molecular weight excluding hydrogens is 292 g/mol. The smallest absolute Gasteiger partial charge is 0.412 e. The van der Waals surface area contributed by atoms with Crippen molar-refractivity contribution in [2.24, 2.45) is 0 Å². The second kappa shape index (κ2) is 5.73. The fourth-order valence-corrected chi connectivity index (χ4v) is 2.12. The van der Waals surface area contributed by atoms with E-state index in [9.17, 15) is 4.79 Å². The van der Waals surface area contributed by atoms with Gasteiger partial charge in [-0.2, -0.15) is 0 Å². The first kappa shape index (κ1) is 15.9. The average molecular weight is 313 g/mol. The molecule has 0 radical (unpaired) electrons. The number of carbonyl (C=O) groups excluding carboxylic acids is 1. The molecule has 0 saturated carbocycles. The predicted molar refractivity (Wildman–Crippen MR) is 83.2 cm³/mol. The minimum absolute atomic E-state index is 0.219. The molecule has 0 bridgehead atoms. The lowest BCUT2D eigenvalue weighted by Gasteiger charge is -2.39. The van der Waals surface area contributed by atoms with Gasteiger partial charge in [-0.3, -0.25) is 5.32 Å². The van der Waals surface area contributed by atoms with Crippen LogP contribution in [0, 0.1) is 0 Å². The first-order valence-corrected chi connectivity index (χ1v) is 7.24. The summed E-state index contributed by atoms with van der Waals surface area (Å²) >= 11 is 6.20. The van der Waals surface area contributed by atoms with E-state index in [2.05, 4.69) is 10.6 Å². The molecular formula is C15H21ClN2O3. The summed E-state index contributed by atoms with van der Waals surface area (Å²) in [5.41, 5.74) is -0.189. The highest BCUT2D eigenvalue weighted by Gasteiger charge is 2.34. The lowest BCUT2D eigenvalue weighted by Crippen LogP contribution is -2.61. The van der Waals surface area contributed by atoms with E-state index in [1.54, 1.807) is 18.2 Å². The van der Waals surface area contributed by atoms with Gasteiger partial charge in [0.1, 0.15) is 17.0 Å². The SMILES string of the molecule is CC(C)(C)OC(=O)Nc1ccc(OC2(C)CNC2)c(Cl)c1. The second-order valence-electron chi connectivity index (χ2n) is 6.43. The maximum atomic E-state index is 11.7. The fourth-order valence-electron chi connectivity index (χ4n) is 1.90. The van der Waals surface area contributed by atoms with E-state index in [-0.39, 0.29) is 5.60 Å². The Balaban J connectivity index is 2.00. The number of benzene rings is 1. The highest BCUT2D eigenvalue weighted by molar-refractivity contribution is 6.32. The monoisotopic (exact) mass is 312 g/mol. The number of rotatable bonds is 3. The Morgan fingerprint density at radius 2 is 2.05 bits per heavy atom. The van der Waals surface area contributed by atoms with Crippen LogP contribution in [-0.4, -0.2) is 30.4 Å². The zero-order chi connectivity index (χ0) is 15.7. The molecule has 1 saturated heterocycles. The van der Waals surface area contributed by atoms with Crippen LogP contribution >= 0.6 is 11.6 Å².